The van der Waals surface area contributed by atoms with E-state index in [1.54, 1.807) is 13.0 Å². The number of nitrogens with zero attached hydrogens (tertiary/aromatic N) is 4. The van der Waals surface area contributed by atoms with Crippen LogP contribution in [0, 0.1) is 11.8 Å². The van der Waals surface area contributed by atoms with Crippen LogP contribution >= 0.6 is 0 Å². The zero-order valence-corrected chi connectivity index (χ0v) is 9.99. The highest BCUT2D eigenvalue weighted by atomic mass is 19.4. The Balaban J connectivity index is 2.25. The van der Waals surface area contributed by atoms with Gasteiger partial charge in [-0.25, -0.2) is 0 Å². The highest BCUT2D eigenvalue weighted by molar-refractivity contribution is 5.44. The second-order valence-corrected chi connectivity index (χ2v) is 3.61. The lowest BCUT2D eigenvalue weighted by Gasteiger charge is -2.06. The normalized spacial score (nSPS) is 11.2. The third-order valence-electron chi connectivity index (χ3n) is 2.25. The molecule has 0 aliphatic heterocycles. The third-order valence-corrected chi connectivity index (χ3v) is 2.25. The Labute approximate surface area is 106 Å². The van der Waals surface area contributed by atoms with Crippen molar-refractivity contribution in [2.24, 2.45) is 0 Å². The molecule has 0 aliphatic carbocycles. The molecule has 1 N–H and O–H groups in total. The highest BCUT2D eigenvalue weighted by Gasteiger charge is 2.37. The first kappa shape index (κ1) is 13.1. The summed E-state index contributed by atoms with van der Waals surface area (Å²) in [6.07, 6.45) is -4.00. The first-order valence-corrected chi connectivity index (χ1v) is 5.45. The van der Waals surface area contributed by atoms with Gasteiger partial charge in [0, 0.05) is 13.0 Å². The molecule has 100 valence electrons. The van der Waals surface area contributed by atoms with Gasteiger partial charge in [-0.05, 0) is 19.1 Å². The molecular formula is C11H10F3N5. The summed E-state index contributed by atoms with van der Waals surface area (Å²) in [5.74, 6) is 4.73. The van der Waals surface area contributed by atoms with Gasteiger partial charge in [0.1, 0.15) is 5.82 Å². The van der Waals surface area contributed by atoms with E-state index < -0.39 is 12.0 Å². The van der Waals surface area contributed by atoms with Crippen molar-refractivity contribution in [3.05, 3.63) is 18.0 Å². The molecule has 5 nitrogen and oxygen atoms in total. The number of aromatic nitrogens is 4. The maximum atomic E-state index is 12.6. The van der Waals surface area contributed by atoms with E-state index in [9.17, 15) is 13.2 Å². The quantitative estimate of drug-likeness (QED) is 0.683. The Kier molecular flexibility index (Phi) is 3.55. The lowest BCUT2D eigenvalue weighted by Crippen LogP contribution is -2.13. The summed E-state index contributed by atoms with van der Waals surface area (Å²) in [5, 5.41) is 13.2. The van der Waals surface area contributed by atoms with Gasteiger partial charge >= 0.3 is 6.18 Å². The number of rotatable bonds is 3. The average Bonchev–Trinajstić information content (AvgIpc) is 2.77. The smallest absolute Gasteiger partial charge is 0.368 e. The Morgan fingerprint density at radius 2 is 2.11 bits per heavy atom. The van der Waals surface area contributed by atoms with Crippen molar-refractivity contribution < 1.29 is 13.2 Å². The maximum absolute atomic E-state index is 12.6. The summed E-state index contributed by atoms with van der Waals surface area (Å²) in [7, 11) is 0. The molecule has 2 heterocycles. The molecule has 0 atom stereocenters. The molecule has 0 amide bonds. The van der Waals surface area contributed by atoms with Crippen LogP contribution in [0.1, 0.15) is 19.2 Å². The molecule has 0 spiro atoms. The largest absolute Gasteiger partial charge is 0.453 e. The summed E-state index contributed by atoms with van der Waals surface area (Å²) < 4.78 is 38.6. The second-order valence-electron chi connectivity index (χ2n) is 3.61. The van der Waals surface area contributed by atoms with E-state index in [2.05, 4.69) is 32.5 Å². The van der Waals surface area contributed by atoms with Crippen LogP contribution in [0.5, 0.6) is 0 Å². The SMILES string of the molecule is CC#CCCNc1ccc2nnc(C(F)(F)F)n2n1. The van der Waals surface area contributed by atoms with Crippen LogP contribution in [0.25, 0.3) is 5.65 Å². The van der Waals surface area contributed by atoms with Crippen LogP contribution in [0.3, 0.4) is 0 Å². The van der Waals surface area contributed by atoms with E-state index in [0.29, 0.717) is 23.3 Å². The zero-order chi connectivity index (χ0) is 13.9. The van der Waals surface area contributed by atoms with E-state index in [-0.39, 0.29) is 5.65 Å². The number of nitrogens with one attached hydrogen (secondary N) is 1. The number of hydrogen-bond donors (Lipinski definition) is 1. The van der Waals surface area contributed by atoms with Crippen LogP contribution in [-0.2, 0) is 6.18 Å². The van der Waals surface area contributed by atoms with Crippen molar-refractivity contribution in [1.82, 2.24) is 19.8 Å². The topological polar surface area (TPSA) is 55.1 Å². The summed E-state index contributed by atoms with van der Waals surface area (Å²) in [5.41, 5.74) is 0.0474. The molecule has 2 rings (SSSR count). The lowest BCUT2D eigenvalue weighted by atomic mass is 10.4. The van der Waals surface area contributed by atoms with Crippen molar-refractivity contribution in [3.63, 3.8) is 0 Å². The molecule has 0 aromatic carbocycles. The maximum Gasteiger partial charge on any atom is 0.453 e. The molecule has 19 heavy (non-hydrogen) atoms. The Morgan fingerprint density at radius 3 is 2.79 bits per heavy atom. The number of anilines is 1. The molecule has 0 bridgehead atoms. The van der Waals surface area contributed by atoms with Crippen LogP contribution < -0.4 is 5.32 Å². The van der Waals surface area contributed by atoms with Crippen LogP contribution in [-0.4, -0.2) is 26.4 Å². The van der Waals surface area contributed by atoms with E-state index in [0.717, 1.165) is 0 Å². The average molecular weight is 269 g/mol. The summed E-state index contributed by atoms with van der Waals surface area (Å²) in [6, 6.07) is 2.96. The van der Waals surface area contributed by atoms with E-state index in [4.69, 9.17) is 0 Å². The van der Waals surface area contributed by atoms with Gasteiger partial charge in [-0.1, -0.05) is 0 Å². The minimum atomic E-state index is -4.58. The fraction of sp³-hybridized carbons (Fsp3) is 0.364. The van der Waals surface area contributed by atoms with Gasteiger partial charge in [0.2, 0.25) is 0 Å². The fourth-order valence-corrected chi connectivity index (χ4v) is 1.44. The fourth-order valence-electron chi connectivity index (χ4n) is 1.44. The molecule has 2 aromatic heterocycles. The zero-order valence-electron chi connectivity index (χ0n) is 9.99. The third kappa shape index (κ3) is 2.93. The van der Waals surface area contributed by atoms with Gasteiger partial charge in [-0.15, -0.1) is 27.1 Å². The van der Waals surface area contributed by atoms with Gasteiger partial charge in [0.05, 0.1) is 0 Å². The molecular weight excluding hydrogens is 259 g/mol. The highest BCUT2D eigenvalue weighted by Crippen LogP contribution is 2.27. The minimum Gasteiger partial charge on any atom is -0.368 e. The van der Waals surface area contributed by atoms with E-state index >= 15 is 0 Å². The molecule has 0 saturated carbocycles. The van der Waals surface area contributed by atoms with Crippen molar-refractivity contribution in [2.75, 3.05) is 11.9 Å². The standard InChI is InChI=1S/C11H10F3N5/c1-2-3-4-7-15-8-5-6-9-16-17-10(11(12,13)14)19(9)18-8/h5-6H,4,7H2,1H3,(H,15,18). The van der Waals surface area contributed by atoms with Crippen molar-refractivity contribution >= 4 is 11.5 Å². The number of hydrogen-bond acceptors (Lipinski definition) is 4. The van der Waals surface area contributed by atoms with Gasteiger partial charge in [-0.3, -0.25) is 0 Å². The molecule has 0 unspecified atom stereocenters. The predicted molar refractivity (Wildman–Crippen MR) is 62.3 cm³/mol. The second kappa shape index (κ2) is 5.14. The van der Waals surface area contributed by atoms with Gasteiger partial charge < -0.3 is 5.32 Å². The number of halogens is 3. The molecule has 0 fully saturated rings. The van der Waals surface area contributed by atoms with Crippen molar-refractivity contribution in [2.45, 2.75) is 19.5 Å². The van der Waals surface area contributed by atoms with Gasteiger partial charge in [0.15, 0.2) is 5.65 Å². The molecule has 2 aromatic rings. The van der Waals surface area contributed by atoms with Crippen molar-refractivity contribution in [1.29, 1.82) is 0 Å². The summed E-state index contributed by atoms with van der Waals surface area (Å²) in [4.78, 5) is 0. The van der Waals surface area contributed by atoms with Crippen molar-refractivity contribution in [3.8, 4) is 11.8 Å². The van der Waals surface area contributed by atoms with Gasteiger partial charge in [0.25, 0.3) is 5.82 Å². The van der Waals surface area contributed by atoms with Crippen LogP contribution in [0.15, 0.2) is 12.1 Å². The predicted octanol–water partition coefficient (Wildman–Crippen LogP) is 1.97. The van der Waals surface area contributed by atoms with Gasteiger partial charge in [-0.2, -0.15) is 17.7 Å². The van der Waals surface area contributed by atoms with E-state index in [1.165, 1.54) is 6.07 Å². The molecule has 0 radical (unpaired) electrons. The summed E-state index contributed by atoms with van der Waals surface area (Å²) in [6.45, 7) is 2.22. The van der Waals surface area contributed by atoms with Crippen LogP contribution in [0.2, 0.25) is 0 Å². The minimum absolute atomic E-state index is 0.0474. The Bertz CT molecular complexity index is 635. The summed E-state index contributed by atoms with van der Waals surface area (Å²) >= 11 is 0. The molecule has 0 aliphatic rings. The lowest BCUT2D eigenvalue weighted by molar-refractivity contribution is -0.146. The first-order valence-electron chi connectivity index (χ1n) is 5.45. The number of fused-ring (bicyclic) bond motifs is 1. The molecule has 8 heteroatoms. The Hall–Kier alpha value is -2.30. The van der Waals surface area contributed by atoms with Crippen LogP contribution in [0.4, 0.5) is 19.0 Å². The number of alkyl halides is 3. The van der Waals surface area contributed by atoms with E-state index in [1.807, 2.05) is 0 Å². The monoisotopic (exact) mass is 269 g/mol. The first-order chi connectivity index (χ1) is 9.02. The molecule has 0 saturated heterocycles. The Morgan fingerprint density at radius 1 is 1.32 bits per heavy atom.